The monoisotopic (exact) mass is 376 g/mol. The molecule has 0 spiro atoms. The summed E-state index contributed by atoms with van der Waals surface area (Å²) in [6, 6.07) is 2.18. The summed E-state index contributed by atoms with van der Waals surface area (Å²) in [5.41, 5.74) is 9.10. The van der Waals surface area contributed by atoms with Crippen molar-refractivity contribution in [2.24, 2.45) is 10.7 Å². The van der Waals surface area contributed by atoms with Crippen LogP contribution in [0.5, 0.6) is 0 Å². The number of hydrogen-bond acceptors (Lipinski definition) is 4. The number of aliphatic imine (C=N–C) groups is 1. The third-order valence-electron chi connectivity index (χ3n) is 3.88. The van der Waals surface area contributed by atoms with Crippen LogP contribution in [0.1, 0.15) is 30.0 Å². The van der Waals surface area contributed by atoms with Crippen molar-refractivity contribution in [3.05, 3.63) is 46.1 Å². The second-order valence-electron chi connectivity index (χ2n) is 5.66. The van der Waals surface area contributed by atoms with Crippen molar-refractivity contribution in [1.82, 2.24) is 20.0 Å². The molecule has 0 radical (unpaired) electrons. The molecule has 2 aromatic heterocycles. The van der Waals surface area contributed by atoms with E-state index in [0.717, 1.165) is 21.6 Å². The Labute approximate surface area is 144 Å². The van der Waals surface area contributed by atoms with Crippen molar-refractivity contribution in [1.29, 1.82) is 0 Å². The highest BCUT2D eigenvalue weighted by Gasteiger charge is 2.24. The van der Waals surface area contributed by atoms with Gasteiger partial charge in [-0.2, -0.15) is 0 Å². The Kier molecular flexibility index (Phi) is 4.56. The van der Waals surface area contributed by atoms with Crippen LogP contribution in [0, 0.1) is 0 Å². The Morgan fingerprint density at radius 3 is 2.83 bits per heavy atom. The van der Waals surface area contributed by atoms with Crippen molar-refractivity contribution in [2.45, 2.75) is 25.3 Å². The Balaban J connectivity index is 1.81. The highest BCUT2D eigenvalue weighted by molar-refractivity contribution is 9.10. The normalized spacial score (nSPS) is 14.8. The number of pyridine rings is 1. The van der Waals surface area contributed by atoms with Crippen LogP contribution in [-0.2, 0) is 6.54 Å². The van der Waals surface area contributed by atoms with Gasteiger partial charge >= 0.3 is 0 Å². The number of rotatable bonds is 6. The molecule has 1 aliphatic rings. The van der Waals surface area contributed by atoms with Gasteiger partial charge in [0.1, 0.15) is 11.7 Å². The first-order valence-electron chi connectivity index (χ1n) is 7.65. The number of nitrogens with zero attached hydrogens (tertiary/aromatic N) is 3. The summed E-state index contributed by atoms with van der Waals surface area (Å²) in [7, 11) is 3.65. The van der Waals surface area contributed by atoms with E-state index in [1.807, 2.05) is 20.3 Å². The van der Waals surface area contributed by atoms with Crippen LogP contribution in [-0.4, -0.2) is 29.3 Å². The molecule has 6 nitrogen and oxygen atoms in total. The first-order valence-corrected chi connectivity index (χ1v) is 8.44. The summed E-state index contributed by atoms with van der Waals surface area (Å²) in [5.74, 6) is 1.98. The van der Waals surface area contributed by atoms with E-state index in [4.69, 9.17) is 5.73 Å². The minimum atomic E-state index is 0.454. The molecular weight excluding hydrogens is 356 g/mol. The fourth-order valence-corrected chi connectivity index (χ4v) is 3.04. The van der Waals surface area contributed by atoms with Gasteiger partial charge in [0.2, 0.25) is 0 Å². The molecule has 0 unspecified atom stereocenters. The van der Waals surface area contributed by atoms with Crippen molar-refractivity contribution < 1.29 is 0 Å². The fourth-order valence-electron chi connectivity index (χ4n) is 2.48. The van der Waals surface area contributed by atoms with Gasteiger partial charge in [-0.15, -0.1) is 0 Å². The van der Waals surface area contributed by atoms with Crippen LogP contribution < -0.4 is 16.4 Å². The molecule has 0 aliphatic heterocycles. The lowest BCUT2D eigenvalue weighted by atomic mass is 10.2. The molecule has 0 aromatic carbocycles. The molecule has 4 N–H and O–H groups in total. The topological polar surface area (TPSA) is 79.7 Å². The van der Waals surface area contributed by atoms with E-state index in [2.05, 4.69) is 53.2 Å². The van der Waals surface area contributed by atoms with E-state index in [9.17, 15) is 0 Å². The lowest BCUT2D eigenvalue weighted by Crippen LogP contribution is -2.22. The van der Waals surface area contributed by atoms with Gasteiger partial charge in [-0.25, -0.2) is 4.98 Å². The molecule has 1 saturated carbocycles. The summed E-state index contributed by atoms with van der Waals surface area (Å²) in [6.45, 7) is 0.454. The second-order valence-corrected chi connectivity index (χ2v) is 6.51. The van der Waals surface area contributed by atoms with Crippen LogP contribution in [0.25, 0.3) is 5.65 Å². The predicted octanol–water partition coefficient (Wildman–Crippen LogP) is 2.11. The third-order valence-corrected chi connectivity index (χ3v) is 4.46. The zero-order valence-electron chi connectivity index (χ0n) is 13.3. The Morgan fingerprint density at radius 1 is 1.43 bits per heavy atom. The average Bonchev–Trinajstić information content (AvgIpc) is 3.30. The quantitative estimate of drug-likeness (QED) is 0.532. The van der Waals surface area contributed by atoms with Crippen LogP contribution in [0.15, 0.2) is 39.8 Å². The minimum absolute atomic E-state index is 0.454. The van der Waals surface area contributed by atoms with Gasteiger partial charge in [-0.1, -0.05) is 0 Å². The van der Waals surface area contributed by atoms with Gasteiger partial charge in [0, 0.05) is 32.6 Å². The maximum absolute atomic E-state index is 5.92. The van der Waals surface area contributed by atoms with Crippen LogP contribution in [0.4, 0.5) is 0 Å². The molecule has 1 fully saturated rings. The van der Waals surface area contributed by atoms with Gasteiger partial charge in [0.05, 0.1) is 16.7 Å². The molecule has 122 valence electrons. The first-order chi connectivity index (χ1) is 11.1. The fraction of sp³-hybridized carbons (Fsp3) is 0.375. The van der Waals surface area contributed by atoms with Crippen molar-refractivity contribution in [2.75, 3.05) is 14.1 Å². The number of fused-ring (bicyclic) bond motifs is 1. The molecule has 23 heavy (non-hydrogen) atoms. The summed E-state index contributed by atoms with van der Waals surface area (Å²) in [6.07, 6.45) is 8.51. The Bertz CT molecular complexity index is 766. The van der Waals surface area contributed by atoms with Crippen molar-refractivity contribution in [3.63, 3.8) is 0 Å². The standard InChI is InChI=1S/C16H21BrN6/c1-19-15(20-2)6-14(18)21-7-12-9-23-8-11(10-3-4-10)5-13(17)16(23)22-12/h5-6,8-10,19-20H,3-4,7H2,1-2H3,(H2,18,21). The zero-order chi connectivity index (χ0) is 16.4. The number of halogens is 1. The lowest BCUT2D eigenvalue weighted by Gasteiger charge is -2.04. The highest BCUT2D eigenvalue weighted by Crippen LogP contribution is 2.41. The molecule has 0 amide bonds. The van der Waals surface area contributed by atoms with E-state index in [-0.39, 0.29) is 0 Å². The number of amidine groups is 1. The number of imidazole rings is 1. The summed E-state index contributed by atoms with van der Waals surface area (Å²) in [4.78, 5) is 9.00. The smallest absolute Gasteiger partial charge is 0.151 e. The van der Waals surface area contributed by atoms with E-state index < -0.39 is 0 Å². The summed E-state index contributed by atoms with van der Waals surface area (Å²) >= 11 is 3.62. The van der Waals surface area contributed by atoms with Gasteiger partial charge in [0.15, 0.2) is 5.65 Å². The maximum Gasteiger partial charge on any atom is 0.151 e. The maximum atomic E-state index is 5.92. The molecule has 0 bridgehead atoms. The van der Waals surface area contributed by atoms with Gasteiger partial charge in [-0.3, -0.25) is 4.99 Å². The average molecular weight is 377 g/mol. The molecule has 0 atom stereocenters. The van der Waals surface area contributed by atoms with Crippen LogP contribution in [0.2, 0.25) is 0 Å². The number of nitrogens with two attached hydrogens (primary N) is 1. The molecule has 2 aromatic rings. The number of aromatic nitrogens is 2. The Hall–Kier alpha value is -2.02. The van der Waals surface area contributed by atoms with Crippen LogP contribution in [0.3, 0.4) is 0 Å². The molecule has 1 aliphatic carbocycles. The zero-order valence-corrected chi connectivity index (χ0v) is 14.9. The van der Waals surface area contributed by atoms with E-state index >= 15 is 0 Å². The molecular formula is C16H21BrN6. The summed E-state index contributed by atoms with van der Waals surface area (Å²) in [5, 5.41) is 5.99. The summed E-state index contributed by atoms with van der Waals surface area (Å²) < 4.78 is 3.10. The largest absolute Gasteiger partial charge is 0.384 e. The SMILES string of the molecule is CNC(=CC(N)=NCc1cn2cc(C3CC3)cc(Br)c2n1)NC. The molecule has 7 heteroatoms. The van der Waals surface area contributed by atoms with Crippen molar-refractivity contribution in [3.8, 4) is 0 Å². The third kappa shape index (κ3) is 3.67. The van der Waals surface area contributed by atoms with Gasteiger partial charge < -0.3 is 20.8 Å². The van der Waals surface area contributed by atoms with E-state index in [1.54, 1.807) is 6.08 Å². The van der Waals surface area contributed by atoms with Crippen LogP contribution >= 0.6 is 15.9 Å². The second kappa shape index (κ2) is 6.62. The van der Waals surface area contributed by atoms with Gasteiger partial charge in [0.25, 0.3) is 0 Å². The number of nitrogens with one attached hydrogen (secondary N) is 2. The van der Waals surface area contributed by atoms with Crippen molar-refractivity contribution >= 4 is 27.4 Å². The molecule has 0 saturated heterocycles. The van der Waals surface area contributed by atoms with E-state index in [0.29, 0.717) is 18.3 Å². The highest BCUT2D eigenvalue weighted by atomic mass is 79.9. The number of hydrogen-bond donors (Lipinski definition) is 3. The Morgan fingerprint density at radius 2 is 2.17 bits per heavy atom. The first kappa shape index (κ1) is 15.9. The van der Waals surface area contributed by atoms with E-state index in [1.165, 1.54) is 18.4 Å². The molecule has 2 heterocycles. The molecule has 3 rings (SSSR count). The minimum Gasteiger partial charge on any atom is -0.384 e. The predicted molar refractivity (Wildman–Crippen MR) is 96.4 cm³/mol. The lowest BCUT2D eigenvalue weighted by molar-refractivity contribution is 0.838. The van der Waals surface area contributed by atoms with Gasteiger partial charge in [-0.05, 0) is 46.3 Å².